The molecule has 0 bridgehead atoms. The van der Waals surface area contributed by atoms with Gasteiger partial charge in [0.25, 0.3) is 0 Å². The fourth-order valence-electron chi connectivity index (χ4n) is 2.53. The molecule has 3 rings (SSSR count). The van der Waals surface area contributed by atoms with Crippen molar-refractivity contribution in [1.29, 1.82) is 0 Å². The van der Waals surface area contributed by atoms with Crippen LogP contribution < -0.4 is 10.1 Å². The zero-order chi connectivity index (χ0) is 17.1. The Morgan fingerprint density at radius 3 is 2.88 bits per heavy atom. The summed E-state index contributed by atoms with van der Waals surface area (Å²) in [5, 5.41) is 3.94. The fraction of sp³-hybridized carbons (Fsp3) is 0.235. The normalized spacial score (nSPS) is 17.0. The summed E-state index contributed by atoms with van der Waals surface area (Å²) in [7, 11) is 1.59. The summed E-state index contributed by atoms with van der Waals surface area (Å²) in [4.78, 5) is 14.4. The molecule has 0 radical (unpaired) electrons. The van der Waals surface area contributed by atoms with E-state index >= 15 is 0 Å². The predicted molar refractivity (Wildman–Crippen MR) is 100 cm³/mol. The number of urea groups is 1. The third-order valence-electron chi connectivity index (χ3n) is 3.70. The van der Waals surface area contributed by atoms with Crippen molar-refractivity contribution in [2.24, 2.45) is 0 Å². The van der Waals surface area contributed by atoms with Crippen LogP contribution in [0, 0.1) is 0 Å². The molecule has 2 aromatic rings. The number of benzene rings is 2. The van der Waals surface area contributed by atoms with Crippen molar-refractivity contribution < 1.29 is 9.53 Å². The van der Waals surface area contributed by atoms with Crippen molar-refractivity contribution in [2.45, 2.75) is 5.37 Å². The summed E-state index contributed by atoms with van der Waals surface area (Å²) >= 11 is 14.0. The average Bonchev–Trinajstić information content (AvgIpc) is 3.04. The van der Waals surface area contributed by atoms with Gasteiger partial charge < -0.3 is 15.0 Å². The summed E-state index contributed by atoms with van der Waals surface area (Å²) in [5.74, 6) is 1.55. The van der Waals surface area contributed by atoms with Gasteiger partial charge in [0.05, 0.1) is 7.11 Å². The number of rotatable bonds is 3. The van der Waals surface area contributed by atoms with Crippen LogP contribution in [-0.4, -0.2) is 30.3 Å². The first-order valence-electron chi connectivity index (χ1n) is 7.36. The molecule has 0 unspecified atom stereocenters. The van der Waals surface area contributed by atoms with Gasteiger partial charge >= 0.3 is 6.03 Å². The quantitative estimate of drug-likeness (QED) is 0.784. The van der Waals surface area contributed by atoms with E-state index in [4.69, 9.17) is 27.9 Å². The third kappa shape index (κ3) is 3.74. The highest BCUT2D eigenvalue weighted by Gasteiger charge is 2.32. The zero-order valence-corrected chi connectivity index (χ0v) is 15.3. The molecule has 24 heavy (non-hydrogen) atoms. The summed E-state index contributed by atoms with van der Waals surface area (Å²) < 4.78 is 5.18. The molecule has 1 aliphatic rings. The predicted octanol–water partition coefficient (Wildman–Crippen LogP) is 5.28. The largest absolute Gasteiger partial charge is 0.497 e. The second-order valence-corrected chi connectivity index (χ2v) is 7.28. The summed E-state index contributed by atoms with van der Waals surface area (Å²) in [6.45, 7) is 0.657. The number of carbonyl (C=O) groups excluding carboxylic acids is 1. The maximum atomic E-state index is 12.7. The minimum Gasteiger partial charge on any atom is -0.497 e. The minimum atomic E-state index is -0.163. The molecule has 4 nitrogen and oxygen atoms in total. The molecule has 0 spiro atoms. The average molecular weight is 383 g/mol. The molecule has 7 heteroatoms. The van der Waals surface area contributed by atoms with Crippen molar-refractivity contribution >= 4 is 46.7 Å². The highest BCUT2D eigenvalue weighted by molar-refractivity contribution is 7.99. The Morgan fingerprint density at radius 2 is 2.12 bits per heavy atom. The van der Waals surface area contributed by atoms with Crippen molar-refractivity contribution in [3.63, 3.8) is 0 Å². The van der Waals surface area contributed by atoms with Gasteiger partial charge in [0.15, 0.2) is 0 Å². The smallest absolute Gasteiger partial charge is 0.323 e. The first-order valence-corrected chi connectivity index (χ1v) is 9.17. The van der Waals surface area contributed by atoms with Gasteiger partial charge in [-0.1, -0.05) is 35.3 Å². The van der Waals surface area contributed by atoms with Gasteiger partial charge in [-0.2, -0.15) is 0 Å². The summed E-state index contributed by atoms with van der Waals surface area (Å²) in [5.41, 5.74) is 1.58. The lowest BCUT2D eigenvalue weighted by molar-refractivity contribution is 0.214. The van der Waals surface area contributed by atoms with Crippen LogP contribution in [0.25, 0.3) is 0 Å². The molecule has 0 aromatic heterocycles. The molecule has 1 aliphatic heterocycles. The molecular formula is C17H16Cl2N2O2S. The molecule has 0 saturated carbocycles. The van der Waals surface area contributed by atoms with E-state index in [1.807, 2.05) is 24.3 Å². The van der Waals surface area contributed by atoms with Gasteiger partial charge in [-0.15, -0.1) is 11.8 Å². The fourth-order valence-corrected chi connectivity index (χ4v) is 4.40. The standard InChI is InChI=1S/C17H16Cl2N2O2S/c1-23-13-4-2-3-12(10-13)20-17(22)21-7-8-24-16(21)14-6-5-11(18)9-15(14)19/h2-6,9-10,16H,7-8H2,1H3,(H,20,22)/t16-/m0/s1. The van der Waals surface area contributed by atoms with Crippen LogP contribution >= 0.6 is 35.0 Å². The van der Waals surface area contributed by atoms with Crippen LogP contribution in [0.3, 0.4) is 0 Å². The lowest BCUT2D eigenvalue weighted by Crippen LogP contribution is -2.34. The topological polar surface area (TPSA) is 41.6 Å². The number of nitrogens with one attached hydrogen (secondary N) is 1. The number of ether oxygens (including phenoxy) is 1. The maximum absolute atomic E-state index is 12.7. The van der Waals surface area contributed by atoms with E-state index in [0.29, 0.717) is 28.0 Å². The Balaban J connectivity index is 1.78. The van der Waals surface area contributed by atoms with Gasteiger partial charge in [0, 0.05) is 39.7 Å². The van der Waals surface area contributed by atoms with Gasteiger partial charge in [-0.05, 0) is 24.3 Å². The molecular weight excluding hydrogens is 367 g/mol. The molecule has 1 heterocycles. The van der Waals surface area contributed by atoms with Crippen LogP contribution in [0.4, 0.5) is 10.5 Å². The number of halogens is 2. The van der Waals surface area contributed by atoms with Gasteiger partial charge in [-0.25, -0.2) is 4.79 Å². The zero-order valence-electron chi connectivity index (χ0n) is 13.0. The molecule has 1 N–H and O–H groups in total. The second kappa shape index (κ2) is 7.55. The number of amides is 2. The Labute approximate surface area is 155 Å². The highest BCUT2D eigenvalue weighted by atomic mass is 35.5. The number of nitrogens with zero attached hydrogens (tertiary/aromatic N) is 1. The number of hydrogen-bond donors (Lipinski definition) is 1. The maximum Gasteiger partial charge on any atom is 0.323 e. The Bertz CT molecular complexity index is 757. The first-order chi connectivity index (χ1) is 11.6. The van der Waals surface area contributed by atoms with Crippen LogP contribution in [0.5, 0.6) is 5.75 Å². The van der Waals surface area contributed by atoms with E-state index in [0.717, 1.165) is 11.3 Å². The van der Waals surface area contributed by atoms with Crippen LogP contribution in [0.2, 0.25) is 10.0 Å². The molecule has 1 fully saturated rings. The third-order valence-corrected chi connectivity index (χ3v) is 5.51. The van der Waals surface area contributed by atoms with E-state index in [9.17, 15) is 4.79 Å². The van der Waals surface area contributed by atoms with E-state index in [2.05, 4.69) is 5.32 Å². The van der Waals surface area contributed by atoms with Gasteiger partial charge in [-0.3, -0.25) is 0 Å². The van der Waals surface area contributed by atoms with Crippen LogP contribution in [0.15, 0.2) is 42.5 Å². The highest BCUT2D eigenvalue weighted by Crippen LogP contribution is 2.41. The number of methoxy groups -OCH3 is 1. The van der Waals surface area contributed by atoms with Crippen LogP contribution in [-0.2, 0) is 0 Å². The van der Waals surface area contributed by atoms with E-state index in [-0.39, 0.29) is 11.4 Å². The molecule has 126 valence electrons. The number of hydrogen-bond acceptors (Lipinski definition) is 3. The number of thioether (sulfide) groups is 1. The Kier molecular flexibility index (Phi) is 5.43. The van der Waals surface area contributed by atoms with E-state index in [1.54, 1.807) is 42.0 Å². The summed E-state index contributed by atoms with van der Waals surface area (Å²) in [6, 6.07) is 12.5. The molecule has 2 amide bonds. The lowest BCUT2D eigenvalue weighted by atomic mass is 10.2. The first kappa shape index (κ1) is 17.3. The summed E-state index contributed by atoms with van der Waals surface area (Å²) in [6.07, 6.45) is 0. The van der Waals surface area contributed by atoms with Gasteiger partial charge in [0.2, 0.25) is 0 Å². The SMILES string of the molecule is COc1cccc(NC(=O)N2CCS[C@H]2c2ccc(Cl)cc2Cl)c1. The van der Waals surface area contributed by atoms with E-state index < -0.39 is 0 Å². The molecule has 1 atom stereocenters. The van der Waals surface area contributed by atoms with Gasteiger partial charge in [0.1, 0.15) is 11.1 Å². The number of anilines is 1. The van der Waals surface area contributed by atoms with Crippen LogP contribution in [0.1, 0.15) is 10.9 Å². The second-order valence-electron chi connectivity index (χ2n) is 5.24. The number of carbonyl (C=O) groups is 1. The van der Waals surface area contributed by atoms with Crippen molar-refractivity contribution in [2.75, 3.05) is 24.7 Å². The molecule has 0 aliphatic carbocycles. The van der Waals surface area contributed by atoms with Crippen molar-refractivity contribution in [3.05, 3.63) is 58.1 Å². The monoisotopic (exact) mass is 382 g/mol. The van der Waals surface area contributed by atoms with E-state index in [1.165, 1.54) is 0 Å². The molecule has 1 saturated heterocycles. The van der Waals surface area contributed by atoms with Crippen molar-refractivity contribution in [3.8, 4) is 5.75 Å². The Morgan fingerprint density at radius 1 is 1.29 bits per heavy atom. The lowest BCUT2D eigenvalue weighted by Gasteiger charge is -2.25. The molecule has 2 aromatic carbocycles. The van der Waals surface area contributed by atoms with Crippen molar-refractivity contribution in [1.82, 2.24) is 4.90 Å². The minimum absolute atomic E-state index is 0.125. The Hall–Kier alpha value is -1.56.